The lowest BCUT2D eigenvalue weighted by atomic mass is 9.83. The summed E-state index contributed by atoms with van der Waals surface area (Å²) in [6, 6.07) is 6.21. The quantitative estimate of drug-likeness (QED) is 0.773. The number of aryl methyl sites for hydroxylation is 1. The summed E-state index contributed by atoms with van der Waals surface area (Å²) in [7, 11) is 1.70. The summed E-state index contributed by atoms with van der Waals surface area (Å²) in [5.41, 5.74) is 8.14. The van der Waals surface area contributed by atoms with Crippen molar-refractivity contribution in [2.75, 3.05) is 13.7 Å². The smallest absolute Gasteiger partial charge is 0.122 e. The van der Waals surface area contributed by atoms with E-state index in [1.54, 1.807) is 7.11 Å². The van der Waals surface area contributed by atoms with Crippen LogP contribution in [0.15, 0.2) is 30.9 Å². The highest BCUT2D eigenvalue weighted by molar-refractivity contribution is 5.38. The third-order valence-electron chi connectivity index (χ3n) is 2.99. The standard InChI is InChI=1S/C14H21NO/c1-5-14(3,10-15)9-12-8-11(2)6-7-13(12)16-4/h5-8H,1,9-10,15H2,2-4H3. The van der Waals surface area contributed by atoms with Crippen LogP contribution in [0.3, 0.4) is 0 Å². The molecule has 2 heteroatoms. The molecule has 0 aromatic heterocycles. The van der Waals surface area contributed by atoms with Crippen LogP contribution in [0.5, 0.6) is 5.75 Å². The molecule has 0 radical (unpaired) electrons. The molecule has 2 N–H and O–H groups in total. The molecule has 1 rings (SSSR count). The van der Waals surface area contributed by atoms with E-state index in [9.17, 15) is 0 Å². The Balaban J connectivity index is 3.03. The summed E-state index contributed by atoms with van der Waals surface area (Å²) in [4.78, 5) is 0. The summed E-state index contributed by atoms with van der Waals surface area (Å²) in [6.07, 6.45) is 2.78. The molecule has 2 nitrogen and oxygen atoms in total. The molecule has 0 saturated heterocycles. The van der Waals surface area contributed by atoms with Crippen LogP contribution in [0, 0.1) is 12.3 Å². The third kappa shape index (κ3) is 2.86. The number of hydrogen-bond acceptors (Lipinski definition) is 2. The van der Waals surface area contributed by atoms with Crippen LogP contribution in [-0.2, 0) is 6.42 Å². The number of ether oxygens (including phenoxy) is 1. The van der Waals surface area contributed by atoms with Crippen molar-refractivity contribution in [3.8, 4) is 5.75 Å². The summed E-state index contributed by atoms with van der Waals surface area (Å²) in [6.45, 7) is 8.64. The minimum absolute atomic E-state index is 0.0684. The molecule has 1 aromatic carbocycles. The average Bonchev–Trinajstić information content (AvgIpc) is 2.29. The second-order valence-corrected chi connectivity index (χ2v) is 4.55. The Labute approximate surface area is 98.1 Å². The van der Waals surface area contributed by atoms with E-state index in [1.807, 2.05) is 12.1 Å². The van der Waals surface area contributed by atoms with Gasteiger partial charge in [0.25, 0.3) is 0 Å². The molecule has 1 atom stereocenters. The molecule has 0 fully saturated rings. The van der Waals surface area contributed by atoms with Crippen molar-refractivity contribution in [1.82, 2.24) is 0 Å². The van der Waals surface area contributed by atoms with Gasteiger partial charge in [0.2, 0.25) is 0 Å². The van der Waals surface area contributed by atoms with Crippen molar-refractivity contribution in [1.29, 1.82) is 0 Å². The maximum absolute atomic E-state index is 5.78. The molecule has 1 unspecified atom stereocenters. The van der Waals surface area contributed by atoms with Gasteiger partial charge < -0.3 is 10.5 Å². The predicted octanol–water partition coefficient (Wildman–Crippen LogP) is 2.70. The molecular formula is C14H21NO. The molecule has 0 saturated carbocycles. The van der Waals surface area contributed by atoms with Gasteiger partial charge in [-0.15, -0.1) is 6.58 Å². The lowest BCUT2D eigenvalue weighted by molar-refractivity contribution is 0.390. The molecule has 0 heterocycles. The zero-order chi connectivity index (χ0) is 12.2. The van der Waals surface area contributed by atoms with E-state index in [2.05, 4.69) is 32.6 Å². The first-order chi connectivity index (χ1) is 7.54. The fraction of sp³-hybridized carbons (Fsp3) is 0.429. The number of benzene rings is 1. The topological polar surface area (TPSA) is 35.2 Å². The number of nitrogens with two attached hydrogens (primary N) is 1. The first-order valence-electron chi connectivity index (χ1n) is 5.52. The monoisotopic (exact) mass is 219 g/mol. The lowest BCUT2D eigenvalue weighted by Gasteiger charge is -2.24. The number of rotatable bonds is 5. The van der Waals surface area contributed by atoms with E-state index in [4.69, 9.17) is 10.5 Å². The van der Waals surface area contributed by atoms with Crippen LogP contribution in [0.1, 0.15) is 18.1 Å². The van der Waals surface area contributed by atoms with Crippen LogP contribution >= 0.6 is 0 Å². The fourth-order valence-electron chi connectivity index (χ4n) is 1.71. The summed E-state index contributed by atoms with van der Waals surface area (Å²) in [5.74, 6) is 0.923. The van der Waals surface area contributed by atoms with E-state index in [-0.39, 0.29) is 5.41 Å². The van der Waals surface area contributed by atoms with Gasteiger partial charge in [0.05, 0.1) is 7.11 Å². The van der Waals surface area contributed by atoms with Crippen molar-refractivity contribution in [2.45, 2.75) is 20.3 Å². The minimum atomic E-state index is -0.0684. The first-order valence-corrected chi connectivity index (χ1v) is 5.52. The van der Waals surface area contributed by atoms with Crippen molar-refractivity contribution in [2.24, 2.45) is 11.1 Å². The highest BCUT2D eigenvalue weighted by atomic mass is 16.5. The van der Waals surface area contributed by atoms with Gasteiger partial charge in [-0.25, -0.2) is 0 Å². The zero-order valence-corrected chi connectivity index (χ0v) is 10.4. The SMILES string of the molecule is C=CC(C)(CN)Cc1cc(C)ccc1OC. The maximum atomic E-state index is 5.78. The molecule has 0 aliphatic carbocycles. The van der Waals surface area contributed by atoms with Crippen LogP contribution in [-0.4, -0.2) is 13.7 Å². The van der Waals surface area contributed by atoms with Crippen molar-refractivity contribution >= 4 is 0 Å². The van der Waals surface area contributed by atoms with Crippen LogP contribution < -0.4 is 10.5 Å². The fourth-order valence-corrected chi connectivity index (χ4v) is 1.71. The second kappa shape index (κ2) is 5.17. The molecule has 0 bridgehead atoms. The zero-order valence-electron chi connectivity index (χ0n) is 10.4. The van der Waals surface area contributed by atoms with Crippen LogP contribution in [0.2, 0.25) is 0 Å². The first kappa shape index (κ1) is 12.8. The van der Waals surface area contributed by atoms with E-state index >= 15 is 0 Å². The van der Waals surface area contributed by atoms with E-state index in [1.165, 1.54) is 11.1 Å². The highest BCUT2D eigenvalue weighted by Gasteiger charge is 2.20. The average molecular weight is 219 g/mol. The Morgan fingerprint density at radius 1 is 1.50 bits per heavy atom. The molecule has 1 aromatic rings. The molecule has 0 aliphatic heterocycles. The molecule has 0 spiro atoms. The Morgan fingerprint density at radius 3 is 2.69 bits per heavy atom. The van der Waals surface area contributed by atoms with Crippen molar-refractivity contribution < 1.29 is 4.74 Å². The van der Waals surface area contributed by atoms with E-state index < -0.39 is 0 Å². The molecule has 16 heavy (non-hydrogen) atoms. The minimum Gasteiger partial charge on any atom is -0.496 e. The van der Waals surface area contributed by atoms with Crippen molar-refractivity contribution in [3.05, 3.63) is 42.0 Å². The van der Waals surface area contributed by atoms with E-state index in [0.29, 0.717) is 6.54 Å². The second-order valence-electron chi connectivity index (χ2n) is 4.55. The lowest BCUT2D eigenvalue weighted by Crippen LogP contribution is -2.27. The highest BCUT2D eigenvalue weighted by Crippen LogP contribution is 2.28. The van der Waals surface area contributed by atoms with Gasteiger partial charge in [-0.1, -0.05) is 30.7 Å². The maximum Gasteiger partial charge on any atom is 0.122 e. The Morgan fingerprint density at radius 2 is 2.19 bits per heavy atom. The number of methoxy groups -OCH3 is 1. The molecule has 88 valence electrons. The Kier molecular flexibility index (Phi) is 4.13. The van der Waals surface area contributed by atoms with Gasteiger partial charge in [0.1, 0.15) is 5.75 Å². The van der Waals surface area contributed by atoms with Gasteiger partial charge in [-0.05, 0) is 25.0 Å². The largest absolute Gasteiger partial charge is 0.496 e. The predicted molar refractivity (Wildman–Crippen MR) is 68.8 cm³/mol. The van der Waals surface area contributed by atoms with Gasteiger partial charge in [0, 0.05) is 12.0 Å². The Bertz CT molecular complexity index is 373. The molecule has 0 amide bonds. The van der Waals surface area contributed by atoms with Crippen molar-refractivity contribution in [3.63, 3.8) is 0 Å². The summed E-state index contributed by atoms with van der Waals surface area (Å²) in [5, 5.41) is 0. The molecule has 0 aliphatic rings. The van der Waals surface area contributed by atoms with Gasteiger partial charge in [-0.3, -0.25) is 0 Å². The number of hydrogen-bond donors (Lipinski definition) is 1. The summed E-state index contributed by atoms with van der Waals surface area (Å²) < 4.78 is 5.36. The van der Waals surface area contributed by atoms with Gasteiger partial charge in [0.15, 0.2) is 0 Å². The van der Waals surface area contributed by atoms with Crippen LogP contribution in [0.4, 0.5) is 0 Å². The Hall–Kier alpha value is -1.28. The van der Waals surface area contributed by atoms with Gasteiger partial charge >= 0.3 is 0 Å². The normalized spacial score (nSPS) is 14.2. The van der Waals surface area contributed by atoms with Crippen LogP contribution in [0.25, 0.3) is 0 Å². The molecular weight excluding hydrogens is 198 g/mol. The van der Waals surface area contributed by atoms with Gasteiger partial charge in [-0.2, -0.15) is 0 Å². The third-order valence-corrected chi connectivity index (χ3v) is 2.99. The van der Waals surface area contributed by atoms with E-state index in [0.717, 1.165) is 12.2 Å². The summed E-state index contributed by atoms with van der Waals surface area (Å²) >= 11 is 0.